The number of aliphatic hydroxyl groups excluding tert-OH is 1. The highest BCUT2D eigenvalue weighted by Crippen LogP contribution is 2.45. The standard InChI is InChI=1S/C81H136O17P2/c1-5-9-13-17-21-25-29-32-35-36-37-38-41-43-47-50-54-58-62-66-79(84)91-71-76(97-80(85)67-63-59-55-51-45-28-24-20-16-12-8-4)73-95-99(87,88)93-69-75(82)70-94-100(89,90)96-74-77(98-81(86)68-64-60-56-52-48-44-40-34-31-27-23-19-15-11-7-3)72-92-78(83)65-61-57-53-49-46-42-39-33-30-26-22-18-14-10-6-2/h9-10,13-14,21-22,25-26,32-35,37-40,43,46-47,49,54,58,75-77,82H,5-8,11-12,15-20,23-24,27-31,36,41-42,44-45,48,50-53,55-57,59-74H2,1-4H3,(H,87,88)(H,89,90)/b13-9-,14-10-,25-21-,26-22-,35-32-,38-37-,39-33-,40-34-,47-43-,49-46-,58-54-. The lowest BCUT2D eigenvalue weighted by atomic mass is 10.1. The van der Waals surface area contributed by atoms with Crippen molar-refractivity contribution in [3.8, 4) is 0 Å². The van der Waals surface area contributed by atoms with Gasteiger partial charge in [-0.1, -0.05) is 277 Å². The molecule has 0 aromatic carbocycles. The Kier molecular flexibility index (Phi) is 69.1. The topological polar surface area (TPSA) is 237 Å². The molecule has 0 aliphatic carbocycles. The molecule has 0 radical (unpaired) electrons. The highest BCUT2D eigenvalue weighted by atomic mass is 31.2. The van der Waals surface area contributed by atoms with Gasteiger partial charge in [0.1, 0.15) is 19.3 Å². The molecular formula is C81H136O17P2. The third-order valence-electron chi connectivity index (χ3n) is 15.6. The van der Waals surface area contributed by atoms with E-state index in [9.17, 15) is 43.2 Å². The first kappa shape index (κ1) is 95.2. The van der Waals surface area contributed by atoms with Crippen LogP contribution >= 0.6 is 15.6 Å². The maximum atomic E-state index is 13.1. The highest BCUT2D eigenvalue weighted by molar-refractivity contribution is 7.47. The summed E-state index contributed by atoms with van der Waals surface area (Å²) in [6.45, 7) is 4.49. The molecule has 0 aromatic rings. The van der Waals surface area contributed by atoms with E-state index < -0.39 is 97.5 Å². The lowest BCUT2D eigenvalue weighted by Gasteiger charge is -2.21. The van der Waals surface area contributed by atoms with Crippen molar-refractivity contribution in [3.63, 3.8) is 0 Å². The van der Waals surface area contributed by atoms with Crippen molar-refractivity contribution in [1.82, 2.24) is 0 Å². The van der Waals surface area contributed by atoms with E-state index in [0.717, 1.165) is 135 Å². The molecular weight excluding hydrogens is 1310 g/mol. The minimum atomic E-state index is -4.99. The molecule has 3 N–H and O–H groups in total. The lowest BCUT2D eigenvalue weighted by Crippen LogP contribution is -2.30. The molecule has 19 heteroatoms. The first-order chi connectivity index (χ1) is 48.7. The van der Waals surface area contributed by atoms with Gasteiger partial charge in [0.15, 0.2) is 12.2 Å². The van der Waals surface area contributed by atoms with Crippen LogP contribution in [-0.4, -0.2) is 96.7 Å². The van der Waals surface area contributed by atoms with Crippen molar-refractivity contribution in [2.24, 2.45) is 0 Å². The maximum absolute atomic E-state index is 13.1. The molecule has 100 heavy (non-hydrogen) atoms. The van der Waals surface area contributed by atoms with Crippen LogP contribution in [0.1, 0.15) is 297 Å². The van der Waals surface area contributed by atoms with Crippen molar-refractivity contribution in [1.29, 1.82) is 0 Å². The summed E-state index contributed by atoms with van der Waals surface area (Å²) in [6.07, 6.45) is 80.4. The van der Waals surface area contributed by atoms with E-state index in [1.807, 2.05) is 18.2 Å². The van der Waals surface area contributed by atoms with Gasteiger partial charge in [-0.2, -0.15) is 0 Å². The van der Waals surface area contributed by atoms with E-state index >= 15 is 0 Å². The van der Waals surface area contributed by atoms with Crippen LogP contribution in [0.2, 0.25) is 0 Å². The molecule has 5 unspecified atom stereocenters. The molecule has 0 aromatic heterocycles. The summed E-state index contributed by atoms with van der Waals surface area (Å²) in [5.41, 5.74) is 0. The smallest absolute Gasteiger partial charge is 0.462 e. The third kappa shape index (κ3) is 71.6. The minimum Gasteiger partial charge on any atom is -0.462 e. The van der Waals surface area contributed by atoms with Crippen LogP contribution in [0.5, 0.6) is 0 Å². The molecule has 0 rings (SSSR count). The molecule has 5 atom stereocenters. The summed E-state index contributed by atoms with van der Waals surface area (Å²) in [5.74, 6) is -2.33. The molecule has 0 amide bonds. The molecule has 0 spiro atoms. The highest BCUT2D eigenvalue weighted by Gasteiger charge is 2.30. The van der Waals surface area contributed by atoms with Crippen LogP contribution in [0.3, 0.4) is 0 Å². The molecule has 0 bridgehead atoms. The Morgan fingerprint density at radius 2 is 0.540 bits per heavy atom. The summed E-state index contributed by atoms with van der Waals surface area (Å²) < 4.78 is 68.3. The van der Waals surface area contributed by atoms with E-state index in [0.29, 0.717) is 32.1 Å². The third-order valence-corrected chi connectivity index (χ3v) is 17.5. The zero-order valence-corrected chi connectivity index (χ0v) is 64.1. The maximum Gasteiger partial charge on any atom is 0.472 e. The minimum absolute atomic E-state index is 0.0342. The molecule has 17 nitrogen and oxygen atoms in total. The Hall–Kier alpha value is -4.80. The van der Waals surface area contributed by atoms with Gasteiger partial charge in [-0.3, -0.25) is 37.3 Å². The summed E-state index contributed by atoms with van der Waals surface area (Å²) in [4.78, 5) is 72.8. The number of esters is 4. The van der Waals surface area contributed by atoms with E-state index in [1.54, 1.807) is 0 Å². The fourth-order valence-electron chi connectivity index (χ4n) is 9.82. The van der Waals surface area contributed by atoms with E-state index in [2.05, 4.69) is 143 Å². The number of rotatable bonds is 71. The first-order valence-electron chi connectivity index (χ1n) is 38.4. The monoisotopic (exact) mass is 1440 g/mol. The number of ether oxygens (including phenoxy) is 4. The lowest BCUT2D eigenvalue weighted by molar-refractivity contribution is -0.161. The second kappa shape index (κ2) is 72.5. The van der Waals surface area contributed by atoms with Gasteiger partial charge in [0.2, 0.25) is 0 Å². The first-order valence-corrected chi connectivity index (χ1v) is 41.4. The Labute approximate surface area is 605 Å². The van der Waals surface area contributed by atoms with Crippen LogP contribution in [-0.2, 0) is 65.4 Å². The fraction of sp³-hybridized carbons (Fsp3) is 0.679. The van der Waals surface area contributed by atoms with Gasteiger partial charge in [0.05, 0.1) is 26.4 Å². The van der Waals surface area contributed by atoms with Gasteiger partial charge >= 0.3 is 39.5 Å². The predicted octanol–water partition coefficient (Wildman–Crippen LogP) is 22.1. The van der Waals surface area contributed by atoms with Crippen LogP contribution < -0.4 is 0 Å². The van der Waals surface area contributed by atoms with Crippen LogP contribution in [0, 0.1) is 0 Å². The number of carbonyl (C=O) groups excluding carboxylic acids is 4. The van der Waals surface area contributed by atoms with Crippen molar-refractivity contribution < 1.29 is 80.2 Å². The average molecular weight is 1440 g/mol. The van der Waals surface area contributed by atoms with Crippen molar-refractivity contribution in [2.75, 3.05) is 39.6 Å². The van der Waals surface area contributed by atoms with Gasteiger partial charge in [0.25, 0.3) is 0 Å². The Morgan fingerprint density at radius 1 is 0.290 bits per heavy atom. The predicted molar refractivity (Wildman–Crippen MR) is 408 cm³/mol. The SMILES string of the molecule is CC/C=C\C/C=C\C/C=C\C/C=C\C/C=C\C/C=C\CCC(=O)OCC(COP(=O)(O)OCC(O)COP(=O)(O)OCC(COC(=O)CCCC/C=C\C/C=C\C/C=C\C/C=C\CC)OC(=O)CCCCCCC/C=C\CCCCCCCC)OC(=O)CCCCCCCCCCCCC. The quantitative estimate of drug-likeness (QED) is 0.0169. The molecule has 572 valence electrons. The normalized spacial score (nSPS) is 14.7. The molecule has 0 saturated carbocycles. The molecule has 0 heterocycles. The zero-order chi connectivity index (χ0) is 73.2. The number of phosphoric ester groups is 2. The van der Waals surface area contributed by atoms with Gasteiger partial charge < -0.3 is 33.8 Å². The van der Waals surface area contributed by atoms with Crippen molar-refractivity contribution >= 4 is 39.5 Å². The van der Waals surface area contributed by atoms with Gasteiger partial charge in [0, 0.05) is 25.7 Å². The number of allylic oxidation sites excluding steroid dienone is 22. The largest absolute Gasteiger partial charge is 0.472 e. The number of hydrogen-bond donors (Lipinski definition) is 3. The number of unbranched alkanes of at least 4 members (excludes halogenated alkanes) is 23. The molecule has 0 aliphatic rings. The average Bonchev–Trinajstić information content (AvgIpc) is 0.953. The summed E-state index contributed by atoms with van der Waals surface area (Å²) in [5, 5.41) is 10.6. The van der Waals surface area contributed by atoms with E-state index in [4.69, 9.17) is 37.0 Å². The van der Waals surface area contributed by atoms with Crippen molar-refractivity contribution in [2.45, 2.75) is 316 Å². The second-order valence-corrected chi connectivity index (χ2v) is 28.1. The summed E-state index contributed by atoms with van der Waals surface area (Å²) in [6, 6.07) is 0. The van der Waals surface area contributed by atoms with E-state index in [-0.39, 0.29) is 25.7 Å². The molecule has 0 fully saturated rings. The summed E-state index contributed by atoms with van der Waals surface area (Å²) in [7, 11) is -9.98. The molecule has 0 aliphatic heterocycles. The zero-order valence-electron chi connectivity index (χ0n) is 62.3. The van der Waals surface area contributed by atoms with Gasteiger partial charge in [-0.05, 0) is 128 Å². The van der Waals surface area contributed by atoms with Crippen molar-refractivity contribution in [3.05, 3.63) is 134 Å². The number of aliphatic hydroxyl groups is 1. The molecule has 0 saturated heterocycles. The van der Waals surface area contributed by atoms with Crippen LogP contribution in [0.4, 0.5) is 0 Å². The number of carbonyl (C=O) groups is 4. The number of phosphoric acid groups is 2. The van der Waals surface area contributed by atoms with Gasteiger partial charge in [-0.15, -0.1) is 0 Å². The Balaban J connectivity index is 5.42. The van der Waals surface area contributed by atoms with Crippen LogP contribution in [0.25, 0.3) is 0 Å². The second-order valence-electron chi connectivity index (χ2n) is 25.2. The van der Waals surface area contributed by atoms with Gasteiger partial charge in [-0.25, -0.2) is 9.13 Å². The van der Waals surface area contributed by atoms with Crippen LogP contribution in [0.15, 0.2) is 134 Å². The summed E-state index contributed by atoms with van der Waals surface area (Å²) >= 11 is 0. The number of hydrogen-bond acceptors (Lipinski definition) is 15. The fourth-order valence-corrected chi connectivity index (χ4v) is 11.4. The Morgan fingerprint density at radius 3 is 0.890 bits per heavy atom. The Bertz CT molecular complexity index is 2420. The van der Waals surface area contributed by atoms with E-state index in [1.165, 1.54) is 77.0 Å².